The smallest absolute Gasteiger partial charge is 0.290 e. The Morgan fingerprint density at radius 3 is 2.30 bits per heavy atom. The van der Waals surface area contributed by atoms with Crippen LogP contribution >= 0.6 is 0 Å². The van der Waals surface area contributed by atoms with E-state index >= 15 is 0 Å². The normalized spacial score (nSPS) is 10.3. The number of carboxylic acid groups (broad SMARTS) is 1. The first-order chi connectivity index (χ1) is 14.4. The molecule has 0 aliphatic heterocycles. The van der Waals surface area contributed by atoms with Gasteiger partial charge in [0.1, 0.15) is 0 Å². The fourth-order valence-corrected chi connectivity index (χ4v) is 2.82. The molecule has 8 heteroatoms. The monoisotopic (exact) mass is 410 g/mol. The Morgan fingerprint density at radius 1 is 1.03 bits per heavy atom. The van der Waals surface area contributed by atoms with Crippen molar-refractivity contribution in [3.8, 4) is 22.6 Å². The molecule has 0 saturated heterocycles. The average molecular weight is 410 g/mol. The first-order valence-corrected chi connectivity index (χ1v) is 9.35. The number of benzene rings is 2. The maximum absolute atomic E-state index is 12.8. The van der Waals surface area contributed by atoms with Gasteiger partial charge in [-0.25, -0.2) is 0 Å². The van der Waals surface area contributed by atoms with Gasteiger partial charge in [0.15, 0.2) is 0 Å². The Morgan fingerprint density at radius 2 is 1.70 bits per heavy atom. The van der Waals surface area contributed by atoms with E-state index in [0.717, 1.165) is 23.2 Å². The summed E-state index contributed by atoms with van der Waals surface area (Å²) in [5.41, 5.74) is 3.40. The SMILES string of the molecule is Cc1nnc(-c2ccccc2-c2cccc(C(=O)N(C)CCN(C)C)c2)o1.O=CO. The maximum atomic E-state index is 12.8. The predicted molar refractivity (Wildman–Crippen MR) is 114 cm³/mol. The molecule has 8 nitrogen and oxygen atoms in total. The van der Waals surface area contributed by atoms with Crippen LogP contribution in [0.2, 0.25) is 0 Å². The average Bonchev–Trinajstić information content (AvgIpc) is 3.18. The van der Waals surface area contributed by atoms with Crippen LogP contribution in [0.1, 0.15) is 16.2 Å². The van der Waals surface area contributed by atoms with Crippen LogP contribution in [0.15, 0.2) is 52.9 Å². The third kappa shape index (κ3) is 5.99. The van der Waals surface area contributed by atoms with Gasteiger partial charge in [0.2, 0.25) is 11.8 Å². The Hall–Kier alpha value is -3.52. The van der Waals surface area contributed by atoms with Gasteiger partial charge in [0, 0.05) is 38.2 Å². The Bertz CT molecular complexity index is 985. The lowest BCUT2D eigenvalue weighted by Crippen LogP contribution is -2.33. The number of amides is 1. The molecule has 0 unspecified atom stereocenters. The summed E-state index contributed by atoms with van der Waals surface area (Å²) in [7, 11) is 5.82. The lowest BCUT2D eigenvalue weighted by atomic mass is 9.97. The molecule has 0 aliphatic carbocycles. The molecule has 158 valence electrons. The number of aromatic nitrogens is 2. The summed E-state index contributed by atoms with van der Waals surface area (Å²) in [4.78, 5) is 24.9. The maximum Gasteiger partial charge on any atom is 0.290 e. The van der Waals surface area contributed by atoms with Crippen LogP contribution in [0.4, 0.5) is 0 Å². The molecule has 1 amide bonds. The summed E-state index contributed by atoms with van der Waals surface area (Å²) in [6.45, 7) is 3.01. The highest BCUT2D eigenvalue weighted by atomic mass is 16.4. The van der Waals surface area contributed by atoms with E-state index in [0.29, 0.717) is 23.9 Å². The van der Waals surface area contributed by atoms with E-state index in [-0.39, 0.29) is 12.4 Å². The number of aryl methyl sites for hydroxylation is 1. The molecule has 30 heavy (non-hydrogen) atoms. The summed E-state index contributed by atoms with van der Waals surface area (Å²) in [5.74, 6) is 0.999. The van der Waals surface area contributed by atoms with E-state index in [4.69, 9.17) is 14.3 Å². The highest BCUT2D eigenvalue weighted by Gasteiger charge is 2.16. The lowest BCUT2D eigenvalue weighted by Gasteiger charge is -2.20. The van der Waals surface area contributed by atoms with Crippen molar-refractivity contribution in [2.24, 2.45) is 0 Å². The predicted octanol–water partition coefficient (Wildman–Crippen LogP) is 3.05. The number of nitrogens with zero attached hydrogens (tertiary/aromatic N) is 4. The Balaban J connectivity index is 0.00000101. The molecule has 2 aromatic carbocycles. The summed E-state index contributed by atoms with van der Waals surface area (Å²) in [6, 6.07) is 15.5. The number of rotatable bonds is 6. The quantitative estimate of drug-likeness (QED) is 0.624. The van der Waals surface area contributed by atoms with Crippen molar-refractivity contribution >= 4 is 12.4 Å². The van der Waals surface area contributed by atoms with Gasteiger partial charge in [-0.3, -0.25) is 9.59 Å². The molecule has 0 aliphatic rings. The minimum Gasteiger partial charge on any atom is -0.483 e. The van der Waals surface area contributed by atoms with Gasteiger partial charge >= 0.3 is 0 Å². The topological polar surface area (TPSA) is 99.8 Å². The Kier molecular flexibility index (Phi) is 8.25. The molecule has 1 aromatic heterocycles. The fourth-order valence-electron chi connectivity index (χ4n) is 2.82. The molecular weight excluding hydrogens is 384 g/mol. The molecule has 0 saturated carbocycles. The third-order valence-corrected chi connectivity index (χ3v) is 4.33. The minimum absolute atomic E-state index is 0.00446. The highest BCUT2D eigenvalue weighted by molar-refractivity contribution is 5.96. The van der Waals surface area contributed by atoms with Crippen LogP contribution in [0.25, 0.3) is 22.6 Å². The number of carbonyl (C=O) groups is 2. The molecule has 0 bridgehead atoms. The van der Waals surface area contributed by atoms with Crippen LogP contribution in [0.5, 0.6) is 0 Å². The summed E-state index contributed by atoms with van der Waals surface area (Å²) < 4.78 is 5.60. The molecule has 0 fully saturated rings. The van der Waals surface area contributed by atoms with Crippen molar-refractivity contribution in [2.75, 3.05) is 34.2 Å². The van der Waals surface area contributed by atoms with E-state index in [1.807, 2.05) is 69.7 Å². The zero-order valence-electron chi connectivity index (χ0n) is 17.6. The fraction of sp³-hybridized carbons (Fsp3) is 0.273. The van der Waals surface area contributed by atoms with Gasteiger partial charge in [-0.1, -0.05) is 30.3 Å². The molecule has 1 heterocycles. The number of carbonyl (C=O) groups excluding carboxylic acids is 1. The van der Waals surface area contributed by atoms with Crippen molar-refractivity contribution in [3.05, 3.63) is 60.0 Å². The number of likely N-dealkylation sites (N-methyl/N-ethyl adjacent to an activating group) is 2. The summed E-state index contributed by atoms with van der Waals surface area (Å²) in [5, 5.41) is 14.9. The molecular formula is C22H26N4O4. The standard InChI is InChI=1S/C21H24N4O2.CH2O2/c1-15-22-23-20(27-15)19-11-6-5-10-18(19)16-8-7-9-17(14-16)21(26)25(4)13-12-24(2)3;2-1-3/h5-11,14H,12-13H2,1-4H3;1H,(H,2,3). The number of hydrogen-bond acceptors (Lipinski definition) is 6. The molecule has 0 spiro atoms. The third-order valence-electron chi connectivity index (χ3n) is 4.33. The van der Waals surface area contributed by atoms with Crippen LogP contribution in [-0.4, -0.2) is 71.7 Å². The van der Waals surface area contributed by atoms with E-state index in [9.17, 15) is 4.79 Å². The van der Waals surface area contributed by atoms with E-state index < -0.39 is 0 Å². The molecule has 3 aromatic rings. The van der Waals surface area contributed by atoms with Crippen molar-refractivity contribution in [2.45, 2.75) is 6.92 Å². The van der Waals surface area contributed by atoms with Crippen molar-refractivity contribution in [1.82, 2.24) is 20.0 Å². The molecule has 0 atom stereocenters. The van der Waals surface area contributed by atoms with Gasteiger partial charge in [0.25, 0.3) is 12.4 Å². The molecule has 1 N–H and O–H groups in total. The zero-order valence-corrected chi connectivity index (χ0v) is 17.6. The van der Waals surface area contributed by atoms with Crippen LogP contribution in [0.3, 0.4) is 0 Å². The largest absolute Gasteiger partial charge is 0.483 e. The van der Waals surface area contributed by atoms with Crippen LogP contribution in [0, 0.1) is 6.92 Å². The minimum atomic E-state index is -0.250. The lowest BCUT2D eigenvalue weighted by molar-refractivity contribution is -0.122. The number of hydrogen-bond donors (Lipinski definition) is 1. The van der Waals surface area contributed by atoms with Crippen molar-refractivity contribution < 1.29 is 19.1 Å². The first-order valence-electron chi connectivity index (χ1n) is 9.35. The van der Waals surface area contributed by atoms with Crippen molar-refractivity contribution in [1.29, 1.82) is 0 Å². The van der Waals surface area contributed by atoms with Crippen LogP contribution < -0.4 is 0 Å². The van der Waals surface area contributed by atoms with Gasteiger partial charge < -0.3 is 19.3 Å². The highest BCUT2D eigenvalue weighted by Crippen LogP contribution is 2.31. The second-order valence-electron chi connectivity index (χ2n) is 6.89. The summed E-state index contributed by atoms with van der Waals surface area (Å²) >= 11 is 0. The molecule has 0 radical (unpaired) electrons. The second-order valence-corrected chi connectivity index (χ2v) is 6.89. The summed E-state index contributed by atoms with van der Waals surface area (Å²) in [6.07, 6.45) is 0. The van der Waals surface area contributed by atoms with Gasteiger partial charge in [-0.15, -0.1) is 10.2 Å². The van der Waals surface area contributed by atoms with E-state index in [2.05, 4.69) is 15.1 Å². The second kappa shape index (κ2) is 10.9. The van der Waals surface area contributed by atoms with E-state index in [1.54, 1.807) is 11.8 Å². The van der Waals surface area contributed by atoms with Gasteiger partial charge in [0.05, 0.1) is 0 Å². The van der Waals surface area contributed by atoms with Gasteiger partial charge in [-0.2, -0.15) is 0 Å². The first kappa shape index (κ1) is 22.8. The van der Waals surface area contributed by atoms with E-state index in [1.165, 1.54) is 0 Å². The molecule has 3 rings (SSSR count). The Labute approximate surface area is 175 Å². The van der Waals surface area contributed by atoms with Gasteiger partial charge in [-0.05, 0) is 43.4 Å². The van der Waals surface area contributed by atoms with Crippen molar-refractivity contribution in [3.63, 3.8) is 0 Å². The zero-order chi connectivity index (χ0) is 22.1. The van der Waals surface area contributed by atoms with Crippen LogP contribution in [-0.2, 0) is 4.79 Å².